The van der Waals surface area contributed by atoms with Gasteiger partial charge in [0.15, 0.2) is 29.0 Å². The third-order valence-electron chi connectivity index (χ3n) is 5.01. The Balaban J connectivity index is 1.54. The lowest BCUT2D eigenvalue weighted by molar-refractivity contribution is 0.101. The zero-order chi connectivity index (χ0) is 23.0. The molecule has 3 aromatic carbocycles. The monoisotopic (exact) mass is 446 g/mol. The van der Waals surface area contributed by atoms with Crippen molar-refractivity contribution in [3.8, 4) is 11.5 Å². The zero-order valence-corrected chi connectivity index (χ0v) is 16.6. The van der Waals surface area contributed by atoms with Gasteiger partial charge in [-0.05, 0) is 35.8 Å². The molecule has 0 unspecified atom stereocenters. The van der Waals surface area contributed by atoms with Crippen molar-refractivity contribution in [3.05, 3.63) is 99.6 Å². The predicted molar refractivity (Wildman–Crippen MR) is 106 cm³/mol. The normalized spacial score (nSPS) is 13.9. The van der Waals surface area contributed by atoms with Gasteiger partial charge in [0, 0.05) is 6.07 Å². The Morgan fingerprint density at radius 1 is 0.875 bits per heavy atom. The van der Waals surface area contributed by atoms with Crippen molar-refractivity contribution in [3.63, 3.8) is 0 Å². The van der Waals surface area contributed by atoms with E-state index in [0.717, 1.165) is 17.5 Å². The van der Waals surface area contributed by atoms with Gasteiger partial charge in [-0.15, -0.1) is 0 Å². The van der Waals surface area contributed by atoms with Crippen molar-refractivity contribution in [2.24, 2.45) is 0 Å². The molecule has 32 heavy (non-hydrogen) atoms. The number of ether oxygens (including phenoxy) is 2. The lowest BCUT2D eigenvalue weighted by Crippen LogP contribution is -2.09. The van der Waals surface area contributed by atoms with E-state index in [4.69, 9.17) is 9.47 Å². The minimum absolute atomic E-state index is 0.0223. The Morgan fingerprint density at radius 2 is 1.50 bits per heavy atom. The number of benzene rings is 3. The van der Waals surface area contributed by atoms with Crippen molar-refractivity contribution >= 4 is 11.9 Å². The molecule has 0 saturated carbocycles. The number of hydrogen-bond donors (Lipinski definition) is 0. The van der Waals surface area contributed by atoms with Crippen LogP contribution >= 0.6 is 0 Å². The molecule has 0 bridgehead atoms. The summed E-state index contributed by atoms with van der Waals surface area (Å²) < 4.78 is 78.2. The quantitative estimate of drug-likeness (QED) is 0.204. The van der Waals surface area contributed by atoms with Gasteiger partial charge >= 0.3 is 0 Å². The minimum atomic E-state index is -2.24. The van der Waals surface area contributed by atoms with Crippen LogP contribution in [-0.2, 0) is 13.0 Å². The molecule has 164 valence electrons. The van der Waals surface area contributed by atoms with E-state index in [9.17, 15) is 26.7 Å². The number of carbonyl (C=O) groups is 1. The maximum atomic E-state index is 13.8. The molecule has 0 aromatic heterocycles. The molecular weight excluding hydrogens is 431 g/mol. The van der Waals surface area contributed by atoms with Crippen LogP contribution in [0.4, 0.5) is 22.0 Å². The molecule has 0 amide bonds. The molecule has 4 rings (SSSR count). The zero-order valence-electron chi connectivity index (χ0n) is 16.6. The van der Waals surface area contributed by atoms with Gasteiger partial charge in [0.05, 0.1) is 11.1 Å². The molecule has 0 aliphatic carbocycles. The van der Waals surface area contributed by atoms with Crippen LogP contribution in [0.5, 0.6) is 11.5 Å². The fraction of sp³-hybridized carbons (Fsp3) is 0.125. The van der Waals surface area contributed by atoms with E-state index in [-0.39, 0.29) is 28.6 Å². The minimum Gasteiger partial charge on any atom is -0.489 e. The number of rotatable bonds is 5. The first kappa shape index (κ1) is 21.5. The molecule has 1 aliphatic rings. The van der Waals surface area contributed by atoms with Crippen molar-refractivity contribution < 1.29 is 36.2 Å². The van der Waals surface area contributed by atoms with Crippen LogP contribution in [0.25, 0.3) is 6.08 Å². The van der Waals surface area contributed by atoms with E-state index in [2.05, 4.69) is 0 Å². The number of aryl methyl sites for hydroxylation is 1. The van der Waals surface area contributed by atoms with E-state index >= 15 is 0 Å². The molecule has 0 saturated heterocycles. The number of fused-ring (bicyclic) bond motifs is 1. The number of carbonyl (C=O) groups excluding carboxylic acids is 1. The van der Waals surface area contributed by atoms with Gasteiger partial charge in [-0.1, -0.05) is 31.2 Å². The average molecular weight is 446 g/mol. The summed E-state index contributed by atoms with van der Waals surface area (Å²) in [6.07, 6.45) is 2.46. The first-order valence-electron chi connectivity index (χ1n) is 9.60. The van der Waals surface area contributed by atoms with Gasteiger partial charge in [-0.2, -0.15) is 0 Å². The van der Waals surface area contributed by atoms with E-state index in [0.29, 0.717) is 0 Å². The van der Waals surface area contributed by atoms with Gasteiger partial charge in [0.2, 0.25) is 11.6 Å². The van der Waals surface area contributed by atoms with Gasteiger partial charge < -0.3 is 9.47 Å². The standard InChI is InChI=1S/C24H15F5O3/c1-2-12-3-5-13(6-4-12)9-18-24(30)15-8-7-14(10-17(15)32-18)31-11-16-19(25)21(27)23(29)22(28)20(16)26/h3-10H,2,11H2,1H3/b18-9-. The summed E-state index contributed by atoms with van der Waals surface area (Å²) in [5.74, 6) is -10.4. The summed E-state index contributed by atoms with van der Waals surface area (Å²) >= 11 is 0. The maximum Gasteiger partial charge on any atom is 0.231 e. The fourth-order valence-electron chi connectivity index (χ4n) is 3.19. The van der Waals surface area contributed by atoms with E-state index in [1.54, 1.807) is 6.08 Å². The Hall–Kier alpha value is -3.68. The topological polar surface area (TPSA) is 35.5 Å². The molecule has 1 aliphatic heterocycles. The van der Waals surface area contributed by atoms with Gasteiger partial charge in [-0.3, -0.25) is 4.79 Å². The third-order valence-corrected chi connectivity index (χ3v) is 5.01. The summed E-state index contributed by atoms with van der Waals surface area (Å²) in [7, 11) is 0. The number of allylic oxidation sites excluding steroid dienone is 1. The summed E-state index contributed by atoms with van der Waals surface area (Å²) in [4.78, 5) is 12.6. The van der Waals surface area contributed by atoms with Crippen molar-refractivity contribution in [2.45, 2.75) is 20.0 Å². The van der Waals surface area contributed by atoms with Crippen LogP contribution in [0.2, 0.25) is 0 Å². The molecule has 3 aromatic rings. The molecule has 0 spiro atoms. The van der Waals surface area contributed by atoms with Crippen LogP contribution < -0.4 is 9.47 Å². The first-order chi connectivity index (χ1) is 15.3. The van der Waals surface area contributed by atoms with Crippen LogP contribution in [0, 0.1) is 29.1 Å². The number of ketones is 1. The molecule has 1 heterocycles. The van der Waals surface area contributed by atoms with Crippen molar-refractivity contribution in [1.82, 2.24) is 0 Å². The summed E-state index contributed by atoms with van der Waals surface area (Å²) in [6.45, 7) is 1.12. The second kappa shape index (κ2) is 8.45. The molecular formula is C24H15F5O3. The number of hydrogen-bond acceptors (Lipinski definition) is 3. The van der Waals surface area contributed by atoms with Crippen LogP contribution in [0.15, 0.2) is 48.2 Å². The summed E-state index contributed by atoms with van der Waals surface area (Å²) in [6, 6.07) is 11.6. The second-order valence-corrected chi connectivity index (χ2v) is 7.03. The largest absolute Gasteiger partial charge is 0.489 e. The molecule has 0 atom stereocenters. The molecule has 3 nitrogen and oxygen atoms in total. The highest BCUT2D eigenvalue weighted by atomic mass is 19.2. The Labute approximate surface area is 179 Å². The lowest BCUT2D eigenvalue weighted by Gasteiger charge is -2.10. The van der Waals surface area contributed by atoms with Crippen molar-refractivity contribution in [2.75, 3.05) is 0 Å². The maximum absolute atomic E-state index is 13.8. The van der Waals surface area contributed by atoms with Gasteiger partial charge in [0.25, 0.3) is 0 Å². The summed E-state index contributed by atoms with van der Waals surface area (Å²) in [5, 5.41) is 0. The Morgan fingerprint density at radius 3 is 2.12 bits per heavy atom. The lowest BCUT2D eigenvalue weighted by atomic mass is 10.1. The molecule has 0 N–H and O–H groups in total. The fourth-order valence-corrected chi connectivity index (χ4v) is 3.19. The Bertz CT molecular complexity index is 1220. The van der Waals surface area contributed by atoms with Gasteiger partial charge in [0.1, 0.15) is 18.1 Å². The van der Waals surface area contributed by atoms with Crippen LogP contribution in [-0.4, -0.2) is 5.78 Å². The highest BCUT2D eigenvalue weighted by Crippen LogP contribution is 2.35. The van der Waals surface area contributed by atoms with Crippen LogP contribution in [0.1, 0.15) is 34.0 Å². The van der Waals surface area contributed by atoms with Crippen LogP contribution in [0.3, 0.4) is 0 Å². The highest BCUT2D eigenvalue weighted by molar-refractivity contribution is 6.14. The van der Waals surface area contributed by atoms with Crippen molar-refractivity contribution in [1.29, 1.82) is 0 Å². The van der Waals surface area contributed by atoms with E-state index in [1.807, 2.05) is 31.2 Å². The van der Waals surface area contributed by atoms with Gasteiger partial charge in [-0.25, -0.2) is 22.0 Å². The summed E-state index contributed by atoms with van der Waals surface area (Å²) in [5.41, 5.74) is 1.06. The molecule has 0 radical (unpaired) electrons. The second-order valence-electron chi connectivity index (χ2n) is 7.03. The number of Topliss-reactive ketones (excluding diaryl/α,β-unsaturated/α-hetero) is 1. The molecule has 8 heteroatoms. The Kier molecular flexibility index (Phi) is 5.69. The third kappa shape index (κ3) is 3.84. The van der Waals surface area contributed by atoms with E-state index < -0.39 is 41.3 Å². The smallest absolute Gasteiger partial charge is 0.231 e. The van der Waals surface area contributed by atoms with E-state index in [1.165, 1.54) is 18.2 Å². The number of halogens is 5. The SMILES string of the molecule is CCc1ccc(/C=C2\Oc3cc(OCc4c(F)c(F)c(F)c(F)c4F)ccc3C2=O)cc1. The first-order valence-corrected chi connectivity index (χ1v) is 9.60. The highest BCUT2D eigenvalue weighted by Gasteiger charge is 2.29. The molecule has 0 fully saturated rings. The average Bonchev–Trinajstić information content (AvgIpc) is 3.11. The predicted octanol–water partition coefficient (Wildman–Crippen LogP) is 6.14.